The van der Waals surface area contributed by atoms with E-state index in [-0.39, 0.29) is 18.2 Å². The van der Waals surface area contributed by atoms with E-state index in [1.807, 2.05) is 48.5 Å². The summed E-state index contributed by atoms with van der Waals surface area (Å²) in [6.45, 7) is 3.06. The molecule has 2 amide bonds. The van der Waals surface area contributed by atoms with Crippen LogP contribution in [0.3, 0.4) is 0 Å². The number of nitrogens with zero attached hydrogens (tertiary/aromatic N) is 2. The van der Waals surface area contributed by atoms with Crippen LogP contribution in [-0.4, -0.2) is 52.8 Å². The Hall–Kier alpha value is -3.91. The topological polar surface area (TPSA) is 88.1 Å². The van der Waals surface area contributed by atoms with Crippen LogP contribution in [0.2, 0.25) is 0 Å². The molecular formula is C31H33N3O4S. The van der Waals surface area contributed by atoms with Crippen LogP contribution in [0.25, 0.3) is 0 Å². The fourth-order valence-corrected chi connectivity index (χ4v) is 5.38. The van der Waals surface area contributed by atoms with Crippen LogP contribution in [0, 0.1) is 0 Å². The lowest BCUT2D eigenvalue weighted by Gasteiger charge is -2.32. The lowest BCUT2D eigenvalue weighted by Crippen LogP contribution is -2.47. The Balaban J connectivity index is 1.46. The van der Waals surface area contributed by atoms with E-state index in [1.54, 1.807) is 36.1 Å². The summed E-state index contributed by atoms with van der Waals surface area (Å²) in [5.74, 6) is -0.681. The van der Waals surface area contributed by atoms with Gasteiger partial charge >= 0.3 is 5.97 Å². The van der Waals surface area contributed by atoms with Crippen molar-refractivity contribution in [2.75, 3.05) is 19.7 Å². The quantitative estimate of drug-likeness (QED) is 0.337. The van der Waals surface area contributed by atoms with E-state index in [1.165, 1.54) is 17.3 Å². The number of benzene rings is 3. The molecule has 1 aliphatic rings. The van der Waals surface area contributed by atoms with Gasteiger partial charge < -0.3 is 10.1 Å². The Morgan fingerprint density at radius 2 is 1.59 bits per heavy atom. The van der Waals surface area contributed by atoms with Gasteiger partial charge in [0, 0.05) is 19.5 Å². The molecular weight excluding hydrogens is 510 g/mol. The number of ether oxygens (including phenoxy) is 1. The summed E-state index contributed by atoms with van der Waals surface area (Å²) < 4.78 is 5.05. The molecule has 1 heterocycles. The summed E-state index contributed by atoms with van der Waals surface area (Å²) in [7, 11) is 0. The van der Waals surface area contributed by atoms with Gasteiger partial charge in [0.1, 0.15) is 0 Å². The predicted octanol–water partition coefficient (Wildman–Crippen LogP) is 5.18. The number of amides is 2. The number of carbonyl (C=O) groups excluding carboxylic acids is 3. The first-order valence-electron chi connectivity index (χ1n) is 13.2. The molecule has 4 rings (SSSR count). The number of hydrogen-bond acceptors (Lipinski definition) is 6. The highest BCUT2D eigenvalue weighted by atomic mass is 32.2. The second-order valence-electron chi connectivity index (χ2n) is 9.13. The largest absolute Gasteiger partial charge is 0.462 e. The number of rotatable bonds is 11. The van der Waals surface area contributed by atoms with Gasteiger partial charge in [-0.05, 0) is 61.6 Å². The van der Waals surface area contributed by atoms with Crippen molar-refractivity contribution in [3.63, 3.8) is 0 Å². The van der Waals surface area contributed by atoms with Crippen LogP contribution >= 0.6 is 11.8 Å². The molecule has 8 heteroatoms. The van der Waals surface area contributed by atoms with Gasteiger partial charge in [-0.2, -0.15) is 0 Å². The maximum absolute atomic E-state index is 13.3. The SMILES string of the molecule is CCOC(=O)c1ccc(N=C2SC(C(=O)NCCc3ccccc3)CC(=O)N2CCCc2ccccc2)cc1. The van der Waals surface area contributed by atoms with Crippen LogP contribution in [-0.2, 0) is 27.2 Å². The third-order valence-electron chi connectivity index (χ3n) is 6.28. The molecule has 0 aliphatic carbocycles. The van der Waals surface area contributed by atoms with Crippen LogP contribution in [0.1, 0.15) is 41.3 Å². The molecule has 3 aromatic rings. The Bertz CT molecular complexity index is 1280. The van der Waals surface area contributed by atoms with Crippen molar-refractivity contribution >= 4 is 40.4 Å². The smallest absolute Gasteiger partial charge is 0.338 e. The van der Waals surface area contributed by atoms with Crippen LogP contribution in [0.5, 0.6) is 0 Å². The zero-order chi connectivity index (χ0) is 27.5. The minimum Gasteiger partial charge on any atom is -0.462 e. The van der Waals surface area contributed by atoms with Gasteiger partial charge in [-0.15, -0.1) is 0 Å². The van der Waals surface area contributed by atoms with E-state index < -0.39 is 11.2 Å². The highest BCUT2D eigenvalue weighted by Gasteiger charge is 2.35. The average molecular weight is 544 g/mol. The molecule has 1 N–H and O–H groups in total. The minimum absolute atomic E-state index is 0.119. The standard InChI is InChI=1S/C31H33N3O4S/c1-2-38-30(37)25-15-17-26(18-16-25)33-31-34(21-9-14-23-10-5-3-6-11-23)28(35)22-27(39-31)29(36)32-20-19-24-12-7-4-8-13-24/h3-8,10-13,15-18,27H,2,9,14,19-22H2,1H3,(H,32,36). The van der Waals surface area contributed by atoms with E-state index in [4.69, 9.17) is 9.73 Å². The summed E-state index contributed by atoms with van der Waals surface area (Å²) in [5.41, 5.74) is 3.38. The van der Waals surface area contributed by atoms with E-state index in [0.717, 1.165) is 24.8 Å². The Morgan fingerprint density at radius 3 is 2.23 bits per heavy atom. The maximum Gasteiger partial charge on any atom is 0.338 e. The van der Waals surface area contributed by atoms with Crippen LogP contribution in [0.4, 0.5) is 5.69 Å². The Labute approximate surface area is 233 Å². The minimum atomic E-state index is -0.559. The van der Waals surface area contributed by atoms with Crippen molar-refractivity contribution in [3.05, 3.63) is 102 Å². The molecule has 7 nitrogen and oxygen atoms in total. The van der Waals surface area contributed by atoms with Crippen molar-refractivity contribution in [2.45, 2.75) is 37.9 Å². The third-order valence-corrected chi connectivity index (χ3v) is 7.47. The van der Waals surface area contributed by atoms with Crippen molar-refractivity contribution in [1.82, 2.24) is 10.2 Å². The molecule has 1 aliphatic heterocycles. The Kier molecular flexibility index (Phi) is 10.3. The molecule has 1 atom stereocenters. The van der Waals surface area contributed by atoms with Gasteiger partial charge in [0.15, 0.2) is 5.17 Å². The van der Waals surface area contributed by atoms with Gasteiger partial charge in [-0.3, -0.25) is 14.5 Å². The molecule has 202 valence electrons. The van der Waals surface area contributed by atoms with E-state index >= 15 is 0 Å². The zero-order valence-electron chi connectivity index (χ0n) is 22.0. The molecule has 1 unspecified atom stereocenters. The second-order valence-corrected chi connectivity index (χ2v) is 10.3. The summed E-state index contributed by atoms with van der Waals surface area (Å²) in [4.78, 5) is 44.7. The summed E-state index contributed by atoms with van der Waals surface area (Å²) in [6, 6.07) is 26.8. The van der Waals surface area contributed by atoms with Crippen molar-refractivity contribution in [3.8, 4) is 0 Å². The summed E-state index contributed by atoms with van der Waals surface area (Å²) in [6.07, 6.45) is 2.44. The highest BCUT2D eigenvalue weighted by Crippen LogP contribution is 2.29. The van der Waals surface area contributed by atoms with E-state index in [0.29, 0.717) is 36.1 Å². The molecule has 1 saturated heterocycles. The van der Waals surface area contributed by atoms with Crippen molar-refractivity contribution in [1.29, 1.82) is 0 Å². The molecule has 1 fully saturated rings. The highest BCUT2D eigenvalue weighted by molar-refractivity contribution is 8.15. The number of aryl methyl sites for hydroxylation is 1. The first-order chi connectivity index (χ1) is 19.0. The molecule has 0 bridgehead atoms. The third kappa shape index (κ3) is 8.29. The van der Waals surface area contributed by atoms with Crippen LogP contribution in [0.15, 0.2) is 89.9 Å². The fraction of sp³-hybridized carbons (Fsp3) is 0.290. The monoisotopic (exact) mass is 543 g/mol. The number of nitrogens with one attached hydrogen (secondary N) is 1. The number of amidine groups is 1. The van der Waals surface area contributed by atoms with Gasteiger partial charge in [0.2, 0.25) is 11.8 Å². The molecule has 0 spiro atoms. The number of aliphatic imine (C=N–C) groups is 1. The van der Waals surface area contributed by atoms with Gasteiger partial charge in [-0.25, -0.2) is 9.79 Å². The van der Waals surface area contributed by atoms with Crippen LogP contribution < -0.4 is 5.32 Å². The number of thioether (sulfide) groups is 1. The molecule has 0 radical (unpaired) electrons. The predicted molar refractivity (Wildman–Crippen MR) is 155 cm³/mol. The van der Waals surface area contributed by atoms with Gasteiger partial charge in [-0.1, -0.05) is 72.4 Å². The molecule has 0 aromatic heterocycles. The molecule has 0 saturated carbocycles. The maximum atomic E-state index is 13.3. The van der Waals surface area contributed by atoms with Crippen molar-refractivity contribution < 1.29 is 19.1 Å². The zero-order valence-corrected chi connectivity index (χ0v) is 22.9. The average Bonchev–Trinajstić information content (AvgIpc) is 2.96. The molecule has 39 heavy (non-hydrogen) atoms. The number of carbonyl (C=O) groups is 3. The Morgan fingerprint density at radius 1 is 0.949 bits per heavy atom. The number of esters is 1. The second kappa shape index (κ2) is 14.3. The van der Waals surface area contributed by atoms with Crippen molar-refractivity contribution in [2.24, 2.45) is 4.99 Å². The first kappa shape index (κ1) is 28.1. The van der Waals surface area contributed by atoms with E-state index in [9.17, 15) is 14.4 Å². The first-order valence-corrected chi connectivity index (χ1v) is 14.1. The lowest BCUT2D eigenvalue weighted by atomic mass is 10.1. The van der Waals surface area contributed by atoms with E-state index in [2.05, 4.69) is 17.4 Å². The van der Waals surface area contributed by atoms with Gasteiger partial charge in [0.05, 0.1) is 23.1 Å². The fourth-order valence-electron chi connectivity index (χ4n) is 4.23. The normalized spacial score (nSPS) is 16.2. The summed E-state index contributed by atoms with van der Waals surface area (Å²) >= 11 is 1.31. The summed E-state index contributed by atoms with van der Waals surface area (Å²) in [5, 5.41) is 2.91. The number of hydrogen-bond donors (Lipinski definition) is 1. The molecule has 3 aromatic carbocycles. The van der Waals surface area contributed by atoms with Gasteiger partial charge in [0.25, 0.3) is 0 Å². The lowest BCUT2D eigenvalue weighted by molar-refractivity contribution is -0.130.